The first-order valence-corrected chi connectivity index (χ1v) is 5.31. The quantitative estimate of drug-likeness (QED) is 0.618. The number of rotatable bonds is 0. The second-order valence-electron chi connectivity index (χ2n) is 2.06. The Hall–Kier alpha value is -0.480. The number of hydrogen-bond donors (Lipinski definition) is 0. The van der Waals surface area contributed by atoms with Crippen LogP contribution in [0.5, 0.6) is 5.06 Å². The zero-order valence-corrected chi connectivity index (χ0v) is 7.67. The van der Waals surface area contributed by atoms with Gasteiger partial charge >= 0.3 is 0 Å². The molecule has 2 rings (SSSR count). The summed E-state index contributed by atoms with van der Waals surface area (Å²) in [6.07, 6.45) is 2.03. The lowest BCUT2D eigenvalue weighted by molar-refractivity contribution is 0.336. The largest absolute Gasteiger partial charge is 0.461 e. The first-order valence-electron chi connectivity index (χ1n) is 3.21. The number of nitrogens with zero attached hydrogens (tertiary/aromatic N) is 1. The van der Waals surface area contributed by atoms with E-state index in [1.807, 2.05) is 11.6 Å². The minimum absolute atomic E-state index is 0.476. The molecule has 11 heavy (non-hydrogen) atoms. The summed E-state index contributed by atoms with van der Waals surface area (Å²) in [6, 6.07) is 2.05. The number of hydrogen-bond acceptors (Lipinski definition) is 4. The van der Waals surface area contributed by atoms with E-state index in [-0.39, 0.29) is 0 Å². The van der Waals surface area contributed by atoms with Gasteiger partial charge in [0.05, 0.1) is 5.56 Å². The molecule has 0 atom stereocenters. The number of aliphatic imine (C=N–C) groups is 1. The summed E-state index contributed by atoms with van der Waals surface area (Å²) in [7, 11) is 0. The van der Waals surface area contributed by atoms with E-state index in [4.69, 9.17) is 4.74 Å². The maximum Gasteiger partial charge on any atom is 0.186 e. The SMILES string of the molecule is CSC1=NCOc2sccc21. The molecule has 58 valence electrons. The minimum Gasteiger partial charge on any atom is -0.461 e. The zero-order chi connectivity index (χ0) is 7.68. The molecule has 4 heteroatoms. The van der Waals surface area contributed by atoms with E-state index in [1.54, 1.807) is 23.1 Å². The van der Waals surface area contributed by atoms with Crippen LogP contribution in [0, 0.1) is 0 Å². The zero-order valence-electron chi connectivity index (χ0n) is 6.03. The fraction of sp³-hybridized carbons (Fsp3) is 0.286. The molecular formula is C7H7NOS2. The highest BCUT2D eigenvalue weighted by Crippen LogP contribution is 2.31. The van der Waals surface area contributed by atoms with Gasteiger partial charge in [-0.25, -0.2) is 4.99 Å². The molecule has 0 spiro atoms. The van der Waals surface area contributed by atoms with Gasteiger partial charge in [0.25, 0.3) is 0 Å². The van der Waals surface area contributed by atoms with E-state index in [1.165, 1.54) is 0 Å². The van der Waals surface area contributed by atoms with Crippen LogP contribution >= 0.6 is 23.1 Å². The average molecular weight is 185 g/mol. The van der Waals surface area contributed by atoms with Crippen LogP contribution in [0.1, 0.15) is 5.56 Å². The van der Waals surface area contributed by atoms with Crippen LogP contribution in [-0.4, -0.2) is 18.0 Å². The Labute approximate surface area is 73.3 Å². The van der Waals surface area contributed by atoms with Crippen molar-refractivity contribution in [1.29, 1.82) is 0 Å². The lowest BCUT2D eigenvalue weighted by Gasteiger charge is -2.11. The Bertz CT molecular complexity index is 292. The maximum atomic E-state index is 5.31. The molecule has 1 aromatic rings. The lowest BCUT2D eigenvalue weighted by Crippen LogP contribution is -2.07. The van der Waals surface area contributed by atoms with Crippen LogP contribution in [0.3, 0.4) is 0 Å². The van der Waals surface area contributed by atoms with E-state index < -0.39 is 0 Å². The fourth-order valence-electron chi connectivity index (χ4n) is 0.975. The topological polar surface area (TPSA) is 21.6 Å². The Kier molecular flexibility index (Phi) is 1.87. The predicted octanol–water partition coefficient (Wildman–Crippen LogP) is 2.21. The van der Waals surface area contributed by atoms with Crippen molar-refractivity contribution in [1.82, 2.24) is 0 Å². The van der Waals surface area contributed by atoms with Crippen molar-refractivity contribution in [3.05, 3.63) is 17.0 Å². The highest BCUT2D eigenvalue weighted by molar-refractivity contribution is 8.13. The van der Waals surface area contributed by atoms with Gasteiger partial charge in [-0.05, 0) is 17.7 Å². The van der Waals surface area contributed by atoms with Crippen molar-refractivity contribution in [2.24, 2.45) is 4.99 Å². The van der Waals surface area contributed by atoms with Crippen molar-refractivity contribution in [3.63, 3.8) is 0 Å². The summed E-state index contributed by atoms with van der Waals surface area (Å²) in [5.41, 5.74) is 1.15. The van der Waals surface area contributed by atoms with Crippen molar-refractivity contribution >= 4 is 28.1 Å². The molecule has 1 aromatic heterocycles. The predicted molar refractivity (Wildman–Crippen MR) is 49.9 cm³/mol. The Morgan fingerprint density at radius 3 is 3.45 bits per heavy atom. The smallest absolute Gasteiger partial charge is 0.186 e. The molecule has 0 N–H and O–H groups in total. The van der Waals surface area contributed by atoms with Crippen molar-refractivity contribution < 1.29 is 4.74 Å². The second kappa shape index (κ2) is 2.87. The highest BCUT2D eigenvalue weighted by Gasteiger charge is 2.14. The molecule has 0 aliphatic carbocycles. The second-order valence-corrected chi connectivity index (χ2v) is 3.74. The molecule has 0 amide bonds. The molecule has 0 saturated carbocycles. The highest BCUT2D eigenvalue weighted by atomic mass is 32.2. The van der Waals surface area contributed by atoms with E-state index in [0.717, 1.165) is 15.7 Å². The molecule has 1 aliphatic heterocycles. The van der Waals surface area contributed by atoms with E-state index in [9.17, 15) is 0 Å². The molecule has 0 fully saturated rings. The van der Waals surface area contributed by atoms with Crippen molar-refractivity contribution in [3.8, 4) is 5.06 Å². The van der Waals surface area contributed by atoms with Gasteiger partial charge in [0.2, 0.25) is 0 Å². The van der Waals surface area contributed by atoms with Gasteiger partial charge in [-0.3, -0.25) is 0 Å². The standard InChI is InChI=1S/C7H7NOS2/c1-10-6-5-2-3-11-7(5)9-4-8-6/h2-3H,4H2,1H3. The Morgan fingerprint density at radius 1 is 1.73 bits per heavy atom. The number of fused-ring (bicyclic) bond motifs is 1. The van der Waals surface area contributed by atoms with E-state index >= 15 is 0 Å². The third kappa shape index (κ3) is 1.16. The van der Waals surface area contributed by atoms with Crippen molar-refractivity contribution in [2.75, 3.05) is 13.0 Å². The third-order valence-electron chi connectivity index (χ3n) is 1.46. The summed E-state index contributed by atoms with van der Waals surface area (Å²) < 4.78 is 5.31. The molecule has 0 bridgehead atoms. The molecular weight excluding hydrogens is 178 g/mol. The van der Waals surface area contributed by atoms with Crippen LogP contribution in [-0.2, 0) is 0 Å². The monoisotopic (exact) mass is 185 g/mol. The van der Waals surface area contributed by atoms with Gasteiger partial charge in [-0.15, -0.1) is 23.1 Å². The van der Waals surface area contributed by atoms with Crippen LogP contribution in [0.4, 0.5) is 0 Å². The summed E-state index contributed by atoms with van der Waals surface area (Å²) in [5, 5.41) is 4.12. The summed E-state index contributed by atoms with van der Waals surface area (Å²) >= 11 is 3.30. The minimum atomic E-state index is 0.476. The third-order valence-corrected chi connectivity index (χ3v) is 3.02. The fourth-order valence-corrected chi connectivity index (χ4v) is 2.34. The molecule has 0 radical (unpaired) electrons. The maximum absolute atomic E-state index is 5.31. The van der Waals surface area contributed by atoms with Gasteiger partial charge in [0, 0.05) is 0 Å². The number of thioether (sulfide) groups is 1. The van der Waals surface area contributed by atoms with E-state index in [2.05, 4.69) is 11.1 Å². The normalized spacial score (nSPS) is 15.2. The summed E-state index contributed by atoms with van der Waals surface area (Å²) in [5.74, 6) is 0. The van der Waals surface area contributed by atoms with Gasteiger partial charge < -0.3 is 4.74 Å². The molecule has 0 saturated heterocycles. The van der Waals surface area contributed by atoms with E-state index in [0.29, 0.717) is 6.73 Å². The van der Waals surface area contributed by atoms with Crippen LogP contribution < -0.4 is 4.74 Å². The molecule has 2 heterocycles. The van der Waals surface area contributed by atoms with Gasteiger partial charge in [-0.1, -0.05) is 0 Å². The molecule has 0 aromatic carbocycles. The van der Waals surface area contributed by atoms with Crippen molar-refractivity contribution in [2.45, 2.75) is 0 Å². The van der Waals surface area contributed by atoms with Gasteiger partial charge in [-0.2, -0.15) is 0 Å². The van der Waals surface area contributed by atoms with Crippen LogP contribution in [0.15, 0.2) is 16.4 Å². The number of thiophene rings is 1. The average Bonchev–Trinajstić information content (AvgIpc) is 2.50. The summed E-state index contributed by atoms with van der Waals surface area (Å²) in [4.78, 5) is 4.23. The summed E-state index contributed by atoms with van der Waals surface area (Å²) in [6.45, 7) is 0.476. The van der Waals surface area contributed by atoms with Crippen LogP contribution in [0.25, 0.3) is 0 Å². The lowest BCUT2D eigenvalue weighted by atomic mass is 10.3. The Balaban J connectivity index is 2.45. The number of ether oxygens (including phenoxy) is 1. The molecule has 1 aliphatic rings. The first kappa shape index (κ1) is 7.18. The van der Waals surface area contributed by atoms with Gasteiger partial charge in [0.1, 0.15) is 5.04 Å². The Morgan fingerprint density at radius 2 is 2.64 bits per heavy atom. The van der Waals surface area contributed by atoms with Crippen LogP contribution in [0.2, 0.25) is 0 Å². The molecule has 0 unspecified atom stereocenters. The first-order chi connectivity index (χ1) is 5.42. The van der Waals surface area contributed by atoms with Gasteiger partial charge in [0.15, 0.2) is 11.8 Å². The molecule has 2 nitrogen and oxygen atoms in total.